The Balaban J connectivity index is 0.000000212. The van der Waals surface area contributed by atoms with Crippen LogP contribution < -0.4 is 16.4 Å². The maximum Gasteiger partial charge on any atom is 0.402 e. The van der Waals surface area contributed by atoms with Gasteiger partial charge in [-0.1, -0.05) is 18.2 Å². The van der Waals surface area contributed by atoms with E-state index in [2.05, 4.69) is 40.8 Å². The summed E-state index contributed by atoms with van der Waals surface area (Å²) in [5, 5.41) is 14.1. The number of allylic oxidation sites excluding steroid dienone is 1. The maximum atomic E-state index is 8.78. The van der Waals surface area contributed by atoms with Crippen molar-refractivity contribution in [2.45, 2.75) is 25.0 Å². The summed E-state index contributed by atoms with van der Waals surface area (Å²) in [7, 11) is 0. The molecular formula is C11H17N3O2. The van der Waals surface area contributed by atoms with Gasteiger partial charge in [-0.3, -0.25) is 5.32 Å². The Hall–Kier alpha value is -1.49. The lowest BCUT2D eigenvalue weighted by atomic mass is 9.83. The molecule has 0 saturated carbocycles. The molecule has 1 saturated heterocycles. The van der Waals surface area contributed by atoms with Gasteiger partial charge in [-0.15, -0.1) is 0 Å². The van der Waals surface area contributed by atoms with Crippen LogP contribution in [0.4, 0.5) is 4.79 Å². The smallest absolute Gasteiger partial charge is 0.402 e. The standard InChI is InChI=1S/C10H14N2.CH3NO2/c1-2-4-9-7(3-1)8-5-6-11-10(8)12-9;2-1(3)4/h2,4-12H,1,3H2;2H2,(H,3,4). The molecule has 3 aliphatic rings. The molecule has 16 heavy (non-hydrogen) atoms. The van der Waals surface area contributed by atoms with Gasteiger partial charge in [0, 0.05) is 12.0 Å². The zero-order valence-corrected chi connectivity index (χ0v) is 8.97. The lowest BCUT2D eigenvalue weighted by molar-refractivity contribution is 0.205. The van der Waals surface area contributed by atoms with E-state index < -0.39 is 6.09 Å². The number of nitrogens with one attached hydrogen (secondary N) is 2. The van der Waals surface area contributed by atoms with Gasteiger partial charge in [0.2, 0.25) is 0 Å². The number of carbonyl (C=O) groups is 1. The van der Waals surface area contributed by atoms with Gasteiger partial charge < -0.3 is 16.2 Å². The number of hydrogen-bond donors (Lipinski definition) is 4. The van der Waals surface area contributed by atoms with E-state index in [1.807, 2.05) is 0 Å². The number of nitrogens with two attached hydrogens (primary N) is 1. The zero-order valence-electron chi connectivity index (χ0n) is 8.97. The molecule has 5 nitrogen and oxygen atoms in total. The fourth-order valence-corrected chi connectivity index (χ4v) is 2.71. The second kappa shape index (κ2) is 4.57. The third-order valence-electron chi connectivity index (χ3n) is 3.32. The molecule has 1 fully saturated rings. The van der Waals surface area contributed by atoms with Crippen LogP contribution in [0.5, 0.6) is 0 Å². The normalized spacial score (nSPS) is 38.0. The fraction of sp³-hybridized carbons (Fsp3) is 0.545. The molecular weight excluding hydrogens is 206 g/mol. The molecule has 3 rings (SSSR count). The van der Waals surface area contributed by atoms with Crippen molar-refractivity contribution in [2.24, 2.45) is 17.6 Å². The van der Waals surface area contributed by atoms with Crippen molar-refractivity contribution in [3.63, 3.8) is 0 Å². The number of rotatable bonds is 0. The summed E-state index contributed by atoms with van der Waals surface area (Å²) in [5.41, 5.74) is 4.03. The summed E-state index contributed by atoms with van der Waals surface area (Å²) < 4.78 is 0. The summed E-state index contributed by atoms with van der Waals surface area (Å²) in [6, 6.07) is 0.631. The van der Waals surface area contributed by atoms with Crippen LogP contribution in [0.1, 0.15) is 12.8 Å². The van der Waals surface area contributed by atoms with Crippen LogP contribution in [0.3, 0.4) is 0 Å². The van der Waals surface area contributed by atoms with Gasteiger partial charge in [0.15, 0.2) is 0 Å². The Bertz CT molecular complexity index is 323. The molecule has 1 aliphatic carbocycles. The third kappa shape index (κ3) is 2.19. The molecule has 4 unspecified atom stereocenters. The molecule has 5 heteroatoms. The highest BCUT2D eigenvalue weighted by molar-refractivity contribution is 5.61. The Kier molecular flexibility index (Phi) is 3.14. The van der Waals surface area contributed by atoms with Crippen molar-refractivity contribution in [2.75, 3.05) is 0 Å². The molecule has 2 aliphatic heterocycles. The number of primary amides is 1. The second-order valence-electron chi connectivity index (χ2n) is 4.28. The van der Waals surface area contributed by atoms with E-state index >= 15 is 0 Å². The summed E-state index contributed by atoms with van der Waals surface area (Å²) >= 11 is 0. The topological polar surface area (TPSA) is 87.4 Å². The van der Waals surface area contributed by atoms with Gasteiger partial charge in [0.1, 0.15) is 0 Å². The monoisotopic (exact) mass is 223 g/mol. The minimum absolute atomic E-state index is 0.516. The van der Waals surface area contributed by atoms with Gasteiger partial charge in [-0.05, 0) is 25.0 Å². The molecule has 0 aromatic heterocycles. The molecule has 5 N–H and O–H groups in total. The lowest BCUT2D eigenvalue weighted by Gasteiger charge is -2.21. The van der Waals surface area contributed by atoms with Gasteiger partial charge >= 0.3 is 6.09 Å². The predicted molar refractivity (Wildman–Crippen MR) is 60.6 cm³/mol. The third-order valence-corrected chi connectivity index (χ3v) is 3.32. The van der Waals surface area contributed by atoms with Gasteiger partial charge in [0.05, 0.1) is 6.17 Å². The Labute approximate surface area is 94.4 Å². The highest BCUT2D eigenvalue weighted by atomic mass is 16.4. The van der Waals surface area contributed by atoms with E-state index in [0.29, 0.717) is 12.2 Å². The zero-order chi connectivity index (χ0) is 11.5. The fourth-order valence-electron chi connectivity index (χ4n) is 2.71. The first-order valence-corrected chi connectivity index (χ1v) is 5.52. The number of amides is 1. The first-order chi connectivity index (χ1) is 7.68. The Morgan fingerprint density at radius 2 is 2.19 bits per heavy atom. The van der Waals surface area contributed by atoms with Crippen molar-refractivity contribution in [1.82, 2.24) is 10.6 Å². The van der Waals surface area contributed by atoms with Crippen LogP contribution in [-0.2, 0) is 0 Å². The Morgan fingerprint density at radius 1 is 1.44 bits per heavy atom. The van der Waals surface area contributed by atoms with Crippen LogP contribution in [0.2, 0.25) is 0 Å². The summed E-state index contributed by atoms with van der Waals surface area (Å²) in [6.45, 7) is 0. The SMILES string of the molecule is C1=CC2NC3NC=CC3C2CC1.NC(=O)O. The van der Waals surface area contributed by atoms with Crippen molar-refractivity contribution in [3.05, 3.63) is 24.4 Å². The van der Waals surface area contributed by atoms with E-state index in [4.69, 9.17) is 9.90 Å². The van der Waals surface area contributed by atoms with Gasteiger partial charge in [0.25, 0.3) is 0 Å². The molecule has 88 valence electrons. The molecule has 0 spiro atoms. The first kappa shape index (κ1) is 11.0. The van der Waals surface area contributed by atoms with E-state index in [9.17, 15) is 0 Å². The minimum Gasteiger partial charge on any atom is -0.465 e. The quantitative estimate of drug-likeness (QED) is 0.453. The Morgan fingerprint density at radius 3 is 2.94 bits per heavy atom. The minimum atomic E-state index is -1.33. The van der Waals surface area contributed by atoms with E-state index in [1.54, 1.807) is 0 Å². The van der Waals surface area contributed by atoms with Crippen molar-refractivity contribution in [1.29, 1.82) is 0 Å². The molecule has 0 bridgehead atoms. The average molecular weight is 223 g/mol. The largest absolute Gasteiger partial charge is 0.465 e. The van der Waals surface area contributed by atoms with Crippen LogP contribution in [-0.4, -0.2) is 23.4 Å². The predicted octanol–water partition coefficient (Wildman–Crippen LogP) is 0.607. The molecule has 0 aromatic carbocycles. The maximum absolute atomic E-state index is 8.78. The second-order valence-corrected chi connectivity index (χ2v) is 4.28. The molecule has 1 amide bonds. The summed E-state index contributed by atoms with van der Waals surface area (Å²) in [6.07, 6.45) is 10.9. The highest BCUT2D eigenvalue weighted by Crippen LogP contribution is 2.36. The summed E-state index contributed by atoms with van der Waals surface area (Å²) in [4.78, 5) is 8.78. The van der Waals surface area contributed by atoms with E-state index in [0.717, 1.165) is 11.8 Å². The van der Waals surface area contributed by atoms with Crippen molar-refractivity contribution < 1.29 is 9.90 Å². The number of fused-ring (bicyclic) bond motifs is 3. The van der Waals surface area contributed by atoms with E-state index in [-0.39, 0.29) is 0 Å². The lowest BCUT2D eigenvalue weighted by Crippen LogP contribution is -2.37. The molecule has 2 heterocycles. The van der Waals surface area contributed by atoms with Gasteiger partial charge in [-0.25, -0.2) is 4.79 Å². The average Bonchev–Trinajstić information content (AvgIpc) is 2.75. The molecule has 0 radical (unpaired) electrons. The summed E-state index contributed by atoms with van der Waals surface area (Å²) in [5.74, 6) is 1.58. The van der Waals surface area contributed by atoms with Crippen LogP contribution in [0.25, 0.3) is 0 Å². The van der Waals surface area contributed by atoms with Crippen LogP contribution in [0, 0.1) is 11.8 Å². The number of hydrogen-bond acceptors (Lipinski definition) is 3. The van der Waals surface area contributed by atoms with Crippen molar-refractivity contribution in [3.8, 4) is 0 Å². The molecule has 0 aromatic rings. The van der Waals surface area contributed by atoms with Crippen LogP contribution >= 0.6 is 0 Å². The number of carboxylic acid groups (broad SMARTS) is 1. The molecule has 4 atom stereocenters. The van der Waals surface area contributed by atoms with E-state index in [1.165, 1.54) is 12.8 Å². The van der Waals surface area contributed by atoms with Gasteiger partial charge in [-0.2, -0.15) is 0 Å². The first-order valence-electron chi connectivity index (χ1n) is 5.52. The van der Waals surface area contributed by atoms with Crippen LogP contribution in [0.15, 0.2) is 24.4 Å². The van der Waals surface area contributed by atoms with Crippen molar-refractivity contribution >= 4 is 6.09 Å². The highest BCUT2D eigenvalue weighted by Gasteiger charge is 2.42.